The van der Waals surface area contributed by atoms with Crippen LogP contribution >= 0.6 is 58.5 Å². The molecule has 34 heavy (non-hydrogen) atoms. The van der Waals surface area contributed by atoms with Gasteiger partial charge in [0.05, 0.1) is 5.75 Å². The van der Waals surface area contributed by atoms with E-state index in [1.165, 1.54) is 34.5 Å². The number of rotatable bonds is 7. The molecule has 11 nitrogen and oxygen atoms in total. The van der Waals surface area contributed by atoms with Crippen LogP contribution in [-0.4, -0.2) is 65.7 Å². The summed E-state index contributed by atoms with van der Waals surface area (Å²) in [6.45, 7) is 0. The van der Waals surface area contributed by atoms with Crippen molar-refractivity contribution in [3.63, 3.8) is 0 Å². The monoisotopic (exact) mass is 559 g/mol. The molecule has 0 bridgehead atoms. The van der Waals surface area contributed by atoms with Gasteiger partial charge in [0.25, 0.3) is 5.91 Å². The molecule has 6 N–H and O–H groups in total. The zero-order chi connectivity index (χ0) is 24.6. The zero-order valence-corrected chi connectivity index (χ0v) is 20.9. The third-order valence-corrected chi connectivity index (χ3v) is 8.35. The van der Waals surface area contributed by atoms with Crippen LogP contribution in [0.25, 0.3) is 0 Å². The van der Waals surface area contributed by atoms with Crippen LogP contribution < -0.4 is 16.8 Å². The van der Waals surface area contributed by atoms with E-state index in [0.717, 1.165) is 11.8 Å². The summed E-state index contributed by atoms with van der Waals surface area (Å²) in [5.41, 5.74) is 11.1. The number of nitrogens with two attached hydrogens (primary N) is 2. The molecule has 178 valence electrons. The van der Waals surface area contributed by atoms with E-state index in [-0.39, 0.29) is 39.4 Å². The Hall–Kier alpha value is -2.39. The minimum absolute atomic E-state index is 0.0110. The van der Waals surface area contributed by atoms with Crippen molar-refractivity contribution in [3.05, 3.63) is 39.1 Å². The summed E-state index contributed by atoms with van der Waals surface area (Å²) in [5.74, 6) is -1.76. The predicted molar refractivity (Wildman–Crippen MR) is 131 cm³/mol. The second kappa shape index (κ2) is 10.1. The van der Waals surface area contributed by atoms with Crippen molar-refractivity contribution in [2.45, 2.75) is 21.3 Å². The average molecular weight is 560 g/mol. The summed E-state index contributed by atoms with van der Waals surface area (Å²) in [5, 5.41) is 12.7. The first-order valence-electron chi connectivity index (χ1n) is 9.36. The first-order chi connectivity index (χ1) is 16.1. The van der Waals surface area contributed by atoms with Crippen molar-refractivity contribution in [2.24, 2.45) is 0 Å². The molecule has 2 aliphatic heterocycles. The Balaban J connectivity index is 1.43. The van der Waals surface area contributed by atoms with E-state index >= 15 is 0 Å². The highest BCUT2D eigenvalue weighted by molar-refractivity contribution is 8.06. The third kappa shape index (κ3) is 5.30. The van der Waals surface area contributed by atoms with Crippen LogP contribution in [0, 0.1) is 0 Å². The van der Waals surface area contributed by atoms with Gasteiger partial charge in [-0.15, -0.1) is 23.5 Å². The first-order valence-corrected chi connectivity index (χ1v) is 13.0. The molecule has 0 spiro atoms. The molecule has 4 heterocycles. The first kappa shape index (κ1) is 24.7. The normalized spacial score (nSPS) is 19.5. The number of halogens is 2. The highest BCUT2D eigenvalue weighted by atomic mass is 35.5. The molecule has 2 atom stereocenters. The van der Waals surface area contributed by atoms with E-state index in [0.29, 0.717) is 20.6 Å². The van der Waals surface area contributed by atoms with Gasteiger partial charge in [0.1, 0.15) is 38.3 Å². The van der Waals surface area contributed by atoms with E-state index in [9.17, 15) is 19.5 Å². The number of amides is 2. The number of hydrogen-bond acceptors (Lipinski definition) is 11. The average Bonchev–Trinajstić information content (AvgIpc) is 2.74. The summed E-state index contributed by atoms with van der Waals surface area (Å²) in [6, 6.07) is 3.77. The number of anilines is 2. The van der Waals surface area contributed by atoms with Crippen LogP contribution in [0.1, 0.15) is 0 Å². The molecule has 2 amide bonds. The molecule has 1 unspecified atom stereocenters. The van der Waals surface area contributed by atoms with Gasteiger partial charge >= 0.3 is 5.97 Å². The van der Waals surface area contributed by atoms with Crippen molar-refractivity contribution >= 4 is 88.0 Å². The standard InChI is InChI=1S/C18H15Cl2N7O4S3/c19-8-1-6(2-9(20)23-8)32-5-11(28)25-13-15(29)27-14(17(30)31)7(4-33-16(13)27)34-12-3-10(21)24-18(22)26-12/h1-3,13,16H,4-5H2,(H,25,28)(H,30,31)(H4,21,22,24,26)/t13-,16?/m1/s1. The number of β-lactam (4-membered cyclic amide) rings is 1. The van der Waals surface area contributed by atoms with E-state index in [1.54, 1.807) is 12.1 Å². The fraction of sp³-hybridized carbons (Fsp3) is 0.222. The van der Waals surface area contributed by atoms with E-state index in [1.807, 2.05) is 0 Å². The molecule has 0 saturated carbocycles. The second-order valence-corrected chi connectivity index (χ2v) is 10.9. The smallest absolute Gasteiger partial charge is 0.353 e. The van der Waals surface area contributed by atoms with Gasteiger partial charge in [0, 0.05) is 21.6 Å². The summed E-state index contributed by atoms with van der Waals surface area (Å²) in [4.78, 5) is 51.1. The number of nitrogens with zero attached hydrogens (tertiary/aromatic N) is 4. The number of pyridine rings is 1. The lowest BCUT2D eigenvalue weighted by atomic mass is 10.1. The maximum absolute atomic E-state index is 12.8. The Kier molecular flexibility index (Phi) is 7.33. The lowest BCUT2D eigenvalue weighted by Gasteiger charge is -2.49. The number of nitrogens with one attached hydrogen (secondary N) is 1. The van der Waals surface area contributed by atoms with Crippen LogP contribution in [0.4, 0.5) is 11.8 Å². The maximum atomic E-state index is 12.8. The Morgan fingerprint density at radius 3 is 2.56 bits per heavy atom. The second-order valence-electron chi connectivity index (χ2n) is 6.86. The van der Waals surface area contributed by atoms with Crippen molar-refractivity contribution < 1.29 is 19.5 Å². The van der Waals surface area contributed by atoms with Crippen LogP contribution in [0.5, 0.6) is 0 Å². The van der Waals surface area contributed by atoms with Crippen molar-refractivity contribution in [1.29, 1.82) is 0 Å². The number of carboxylic acids is 1. The van der Waals surface area contributed by atoms with Gasteiger partial charge in [-0.25, -0.2) is 14.8 Å². The van der Waals surface area contributed by atoms with Crippen LogP contribution in [0.3, 0.4) is 0 Å². The molecule has 1 saturated heterocycles. The molecule has 16 heteroatoms. The van der Waals surface area contributed by atoms with Crippen LogP contribution in [0.15, 0.2) is 38.7 Å². The summed E-state index contributed by atoms with van der Waals surface area (Å²) < 4.78 is 0. The van der Waals surface area contributed by atoms with Gasteiger partial charge in [-0.3, -0.25) is 14.5 Å². The number of aliphatic carboxylic acids is 1. The number of thioether (sulfide) groups is 3. The number of carbonyl (C=O) groups excluding carboxylic acids is 2. The lowest BCUT2D eigenvalue weighted by Crippen LogP contribution is -2.70. The minimum Gasteiger partial charge on any atom is -0.477 e. The Bertz CT molecular complexity index is 1190. The maximum Gasteiger partial charge on any atom is 0.353 e. The SMILES string of the molecule is Nc1cc(SC2=C(C(=O)O)N3C(=O)[C@@H](NC(=O)CSc4cc(Cl)nc(Cl)c4)C3SC2)nc(N)n1. The number of fused-ring (bicyclic) bond motifs is 1. The largest absolute Gasteiger partial charge is 0.477 e. The molecule has 2 aromatic heterocycles. The Morgan fingerprint density at radius 2 is 1.91 bits per heavy atom. The molecule has 0 radical (unpaired) electrons. The van der Waals surface area contributed by atoms with Gasteiger partial charge in [-0.05, 0) is 12.1 Å². The minimum atomic E-state index is -1.26. The number of aromatic nitrogens is 3. The summed E-state index contributed by atoms with van der Waals surface area (Å²) in [6.07, 6.45) is 0. The van der Waals surface area contributed by atoms with Gasteiger partial charge in [0.2, 0.25) is 11.9 Å². The Labute approximate surface area is 215 Å². The van der Waals surface area contributed by atoms with Crippen molar-refractivity contribution in [1.82, 2.24) is 25.2 Å². The quantitative estimate of drug-likeness (QED) is 0.168. The van der Waals surface area contributed by atoms with Gasteiger partial charge in [0.15, 0.2) is 0 Å². The molecule has 2 aromatic rings. The summed E-state index contributed by atoms with van der Waals surface area (Å²) >= 11 is 15.3. The number of hydrogen-bond donors (Lipinski definition) is 4. The highest BCUT2D eigenvalue weighted by Crippen LogP contribution is 2.45. The van der Waals surface area contributed by atoms with E-state index in [4.69, 9.17) is 34.7 Å². The number of nitrogen functional groups attached to an aromatic ring is 2. The van der Waals surface area contributed by atoms with Gasteiger partial charge < -0.3 is 21.9 Å². The summed E-state index contributed by atoms with van der Waals surface area (Å²) in [7, 11) is 0. The fourth-order valence-corrected chi connectivity index (χ4v) is 7.05. The van der Waals surface area contributed by atoms with Gasteiger partial charge in [-0.2, -0.15) is 4.98 Å². The Morgan fingerprint density at radius 1 is 1.21 bits per heavy atom. The topological polar surface area (TPSA) is 177 Å². The highest BCUT2D eigenvalue weighted by Gasteiger charge is 2.54. The molecule has 0 aromatic carbocycles. The zero-order valence-electron chi connectivity index (χ0n) is 16.9. The molecule has 1 fully saturated rings. The molecular weight excluding hydrogens is 545 g/mol. The molecule has 2 aliphatic rings. The van der Waals surface area contributed by atoms with E-state index < -0.39 is 23.3 Å². The number of carbonyl (C=O) groups is 3. The van der Waals surface area contributed by atoms with Crippen molar-refractivity contribution in [3.8, 4) is 0 Å². The number of carboxylic acid groups (broad SMARTS) is 1. The fourth-order valence-electron chi connectivity index (χ4n) is 3.20. The molecular formula is C18H15Cl2N7O4S3. The van der Waals surface area contributed by atoms with Gasteiger partial charge in [-0.1, -0.05) is 35.0 Å². The molecule has 0 aliphatic carbocycles. The van der Waals surface area contributed by atoms with E-state index in [2.05, 4.69) is 20.3 Å². The van der Waals surface area contributed by atoms with Crippen LogP contribution in [-0.2, 0) is 14.4 Å². The molecule has 4 rings (SSSR count). The van der Waals surface area contributed by atoms with Crippen LogP contribution in [0.2, 0.25) is 10.3 Å². The predicted octanol–water partition coefficient (Wildman–Crippen LogP) is 1.92. The lowest BCUT2D eigenvalue weighted by molar-refractivity contribution is -0.150. The van der Waals surface area contributed by atoms with Crippen molar-refractivity contribution in [2.75, 3.05) is 23.0 Å². The third-order valence-electron chi connectivity index (χ3n) is 4.53.